The summed E-state index contributed by atoms with van der Waals surface area (Å²) in [5.74, 6) is 0. The first-order valence-corrected chi connectivity index (χ1v) is 5.64. The van der Waals surface area contributed by atoms with E-state index in [1.54, 1.807) is 6.20 Å². The van der Waals surface area contributed by atoms with E-state index >= 15 is 0 Å². The highest BCUT2D eigenvalue weighted by Gasteiger charge is 2.27. The molecule has 0 bridgehead atoms. The Morgan fingerprint density at radius 2 is 2.12 bits per heavy atom. The van der Waals surface area contributed by atoms with Crippen LogP contribution in [0.5, 0.6) is 0 Å². The maximum atomic E-state index is 9.86. The van der Waals surface area contributed by atoms with E-state index in [4.69, 9.17) is 5.11 Å². The number of piperidine rings is 1. The summed E-state index contributed by atoms with van der Waals surface area (Å²) in [6, 6.07) is 3.85. The average molecular weight is 222 g/mol. The highest BCUT2D eigenvalue weighted by atomic mass is 16.3. The molecule has 1 aromatic rings. The first-order valence-electron chi connectivity index (χ1n) is 5.64. The molecular weight excluding hydrogens is 204 g/mol. The summed E-state index contributed by atoms with van der Waals surface area (Å²) in [6.45, 7) is 3.55. The molecule has 0 amide bonds. The number of aliphatic hydroxyl groups excluding tert-OH is 1. The Morgan fingerprint density at radius 3 is 2.75 bits per heavy atom. The largest absolute Gasteiger partial charge is 0.390 e. The molecule has 1 aliphatic rings. The van der Waals surface area contributed by atoms with E-state index in [-0.39, 0.29) is 6.61 Å². The second kappa shape index (κ2) is 4.39. The van der Waals surface area contributed by atoms with Gasteiger partial charge in [0.15, 0.2) is 0 Å². The van der Waals surface area contributed by atoms with Crippen LogP contribution in [0.4, 0.5) is 5.69 Å². The fraction of sp³-hybridized carbons (Fsp3) is 0.583. The summed E-state index contributed by atoms with van der Waals surface area (Å²) < 4.78 is 0. The van der Waals surface area contributed by atoms with Crippen molar-refractivity contribution in [2.45, 2.75) is 32.0 Å². The standard InChI is InChI=1S/C12H18N2O2/c1-12(16)3-6-14(7-4-12)11-2-5-13-10(8-11)9-15/h2,5,8,15-16H,3-4,6-7,9H2,1H3. The zero-order chi connectivity index (χ0) is 11.6. The van der Waals surface area contributed by atoms with Crippen LogP contribution in [-0.2, 0) is 6.61 Å². The molecule has 1 fully saturated rings. The third-order valence-electron chi connectivity index (χ3n) is 3.17. The number of rotatable bonds is 2. The number of anilines is 1. The van der Waals surface area contributed by atoms with Gasteiger partial charge < -0.3 is 15.1 Å². The molecule has 0 aromatic carbocycles. The van der Waals surface area contributed by atoms with Gasteiger partial charge in [0.1, 0.15) is 0 Å². The summed E-state index contributed by atoms with van der Waals surface area (Å²) in [7, 11) is 0. The predicted octanol–water partition coefficient (Wildman–Crippen LogP) is 0.925. The van der Waals surface area contributed by atoms with Gasteiger partial charge in [-0.3, -0.25) is 4.98 Å². The normalized spacial score (nSPS) is 19.8. The third kappa shape index (κ3) is 2.51. The van der Waals surface area contributed by atoms with Gasteiger partial charge >= 0.3 is 0 Å². The summed E-state index contributed by atoms with van der Waals surface area (Å²) in [6.07, 6.45) is 3.28. The van der Waals surface area contributed by atoms with Crippen LogP contribution in [0.1, 0.15) is 25.5 Å². The molecule has 0 saturated carbocycles. The second-order valence-corrected chi connectivity index (χ2v) is 4.65. The SMILES string of the molecule is CC1(O)CCN(c2ccnc(CO)c2)CC1. The first kappa shape index (κ1) is 11.4. The molecule has 2 N–H and O–H groups in total. The van der Waals surface area contributed by atoms with Crippen LogP contribution >= 0.6 is 0 Å². The highest BCUT2D eigenvalue weighted by Crippen LogP contribution is 2.25. The van der Waals surface area contributed by atoms with E-state index in [0.29, 0.717) is 5.69 Å². The molecule has 1 saturated heterocycles. The van der Waals surface area contributed by atoms with E-state index in [0.717, 1.165) is 31.6 Å². The van der Waals surface area contributed by atoms with Crippen molar-refractivity contribution >= 4 is 5.69 Å². The van der Waals surface area contributed by atoms with Crippen molar-refractivity contribution in [3.63, 3.8) is 0 Å². The molecule has 2 rings (SSSR count). The lowest BCUT2D eigenvalue weighted by atomic mass is 9.93. The number of aromatic nitrogens is 1. The van der Waals surface area contributed by atoms with Gasteiger partial charge in [-0.15, -0.1) is 0 Å². The van der Waals surface area contributed by atoms with E-state index in [2.05, 4.69) is 9.88 Å². The van der Waals surface area contributed by atoms with Crippen molar-refractivity contribution in [1.29, 1.82) is 0 Å². The molecule has 0 aliphatic carbocycles. The minimum absolute atomic E-state index is 0.0284. The zero-order valence-electron chi connectivity index (χ0n) is 9.56. The first-order chi connectivity index (χ1) is 7.61. The Kier molecular flexibility index (Phi) is 3.12. The number of nitrogens with zero attached hydrogens (tertiary/aromatic N) is 2. The van der Waals surface area contributed by atoms with Crippen LogP contribution in [0.15, 0.2) is 18.3 Å². The van der Waals surface area contributed by atoms with Gasteiger partial charge in [0.05, 0.1) is 17.9 Å². The minimum atomic E-state index is -0.524. The average Bonchev–Trinajstić information content (AvgIpc) is 2.29. The molecular formula is C12H18N2O2. The number of pyridine rings is 1. The summed E-state index contributed by atoms with van der Waals surface area (Å²) in [5, 5.41) is 18.9. The molecule has 16 heavy (non-hydrogen) atoms. The summed E-state index contributed by atoms with van der Waals surface area (Å²) >= 11 is 0. The Hall–Kier alpha value is -1.13. The Balaban J connectivity index is 2.08. The van der Waals surface area contributed by atoms with Crippen LogP contribution in [-0.4, -0.2) is 33.9 Å². The highest BCUT2D eigenvalue weighted by molar-refractivity contribution is 5.47. The molecule has 0 spiro atoms. The predicted molar refractivity (Wildman–Crippen MR) is 62.2 cm³/mol. The van der Waals surface area contributed by atoms with Crippen LogP contribution < -0.4 is 4.90 Å². The summed E-state index contributed by atoms with van der Waals surface area (Å²) in [4.78, 5) is 6.28. The Labute approximate surface area is 95.5 Å². The summed E-state index contributed by atoms with van der Waals surface area (Å²) in [5.41, 5.74) is 1.24. The van der Waals surface area contributed by atoms with Crippen LogP contribution in [0.2, 0.25) is 0 Å². The van der Waals surface area contributed by atoms with Gasteiger partial charge in [-0.1, -0.05) is 0 Å². The number of hydrogen-bond donors (Lipinski definition) is 2. The monoisotopic (exact) mass is 222 g/mol. The maximum absolute atomic E-state index is 9.86. The van der Waals surface area contributed by atoms with Crippen molar-refractivity contribution in [2.24, 2.45) is 0 Å². The van der Waals surface area contributed by atoms with E-state index in [1.807, 2.05) is 19.1 Å². The van der Waals surface area contributed by atoms with Gasteiger partial charge in [-0.05, 0) is 31.9 Å². The van der Waals surface area contributed by atoms with E-state index in [1.165, 1.54) is 0 Å². The molecule has 0 radical (unpaired) electrons. The lowest BCUT2D eigenvalue weighted by molar-refractivity contribution is 0.0351. The molecule has 0 unspecified atom stereocenters. The topological polar surface area (TPSA) is 56.6 Å². The van der Waals surface area contributed by atoms with Gasteiger partial charge in [0.2, 0.25) is 0 Å². The molecule has 88 valence electrons. The van der Waals surface area contributed by atoms with Gasteiger partial charge in [0, 0.05) is 25.0 Å². The van der Waals surface area contributed by atoms with E-state index < -0.39 is 5.60 Å². The molecule has 2 heterocycles. The van der Waals surface area contributed by atoms with Crippen molar-refractivity contribution in [3.05, 3.63) is 24.0 Å². The van der Waals surface area contributed by atoms with Gasteiger partial charge in [0.25, 0.3) is 0 Å². The van der Waals surface area contributed by atoms with E-state index in [9.17, 15) is 5.11 Å². The Bertz CT molecular complexity index is 356. The van der Waals surface area contributed by atoms with Crippen LogP contribution in [0.3, 0.4) is 0 Å². The zero-order valence-corrected chi connectivity index (χ0v) is 9.56. The number of aliphatic hydroxyl groups is 2. The van der Waals surface area contributed by atoms with Crippen LogP contribution in [0, 0.1) is 0 Å². The van der Waals surface area contributed by atoms with Gasteiger partial charge in [-0.25, -0.2) is 0 Å². The maximum Gasteiger partial charge on any atom is 0.0853 e. The van der Waals surface area contributed by atoms with Crippen molar-refractivity contribution in [2.75, 3.05) is 18.0 Å². The lowest BCUT2D eigenvalue weighted by Gasteiger charge is -2.37. The molecule has 1 aliphatic heterocycles. The fourth-order valence-corrected chi connectivity index (χ4v) is 2.00. The molecule has 4 heteroatoms. The molecule has 1 aromatic heterocycles. The molecule has 4 nitrogen and oxygen atoms in total. The van der Waals surface area contributed by atoms with Crippen molar-refractivity contribution in [1.82, 2.24) is 4.98 Å². The smallest absolute Gasteiger partial charge is 0.0853 e. The quantitative estimate of drug-likeness (QED) is 0.781. The fourth-order valence-electron chi connectivity index (χ4n) is 2.00. The second-order valence-electron chi connectivity index (χ2n) is 4.65. The Morgan fingerprint density at radius 1 is 1.44 bits per heavy atom. The molecule has 0 atom stereocenters. The van der Waals surface area contributed by atoms with Gasteiger partial charge in [-0.2, -0.15) is 0 Å². The van der Waals surface area contributed by atoms with Crippen molar-refractivity contribution in [3.8, 4) is 0 Å². The van der Waals surface area contributed by atoms with Crippen molar-refractivity contribution < 1.29 is 10.2 Å². The number of hydrogen-bond acceptors (Lipinski definition) is 4. The lowest BCUT2D eigenvalue weighted by Crippen LogP contribution is -2.42. The minimum Gasteiger partial charge on any atom is -0.390 e. The third-order valence-corrected chi connectivity index (χ3v) is 3.17. The van der Waals surface area contributed by atoms with Crippen LogP contribution in [0.25, 0.3) is 0 Å².